The normalized spacial score (nSPS) is 10.8. The summed E-state index contributed by atoms with van der Waals surface area (Å²) < 4.78 is 18.0. The molecule has 154 valence electrons. The monoisotopic (exact) mass is 488 g/mol. The lowest BCUT2D eigenvalue weighted by Gasteiger charge is -2.08. The molecule has 30 heavy (non-hydrogen) atoms. The average molecular weight is 489 g/mol. The van der Waals surface area contributed by atoms with Crippen LogP contribution in [0.5, 0.6) is 11.5 Å². The van der Waals surface area contributed by atoms with Gasteiger partial charge in [0.25, 0.3) is 5.91 Å². The van der Waals surface area contributed by atoms with E-state index in [0.717, 1.165) is 16.3 Å². The third-order valence-corrected chi connectivity index (χ3v) is 5.61. The van der Waals surface area contributed by atoms with E-state index in [9.17, 15) is 4.79 Å². The van der Waals surface area contributed by atoms with Crippen molar-refractivity contribution in [2.24, 2.45) is 7.05 Å². The Kier molecular flexibility index (Phi) is 5.60. The molecule has 0 spiro atoms. The van der Waals surface area contributed by atoms with Gasteiger partial charge in [-0.1, -0.05) is 0 Å². The summed E-state index contributed by atoms with van der Waals surface area (Å²) in [5.41, 5.74) is 2.36. The number of aryl methyl sites for hydroxylation is 1. The van der Waals surface area contributed by atoms with Crippen LogP contribution in [0.3, 0.4) is 0 Å². The van der Waals surface area contributed by atoms with Gasteiger partial charge >= 0.3 is 0 Å². The largest absolute Gasteiger partial charge is 0.493 e. The lowest BCUT2D eigenvalue weighted by molar-refractivity contribution is 0.0994. The number of carbonyl (C=O) groups excluding carboxylic acids is 1. The minimum Gasteiger partial charge on any atom is -0.493 e. The number of furan rings is 1. The molecular formula is C20H17BrN4O4S. The molecule has 0 fully saturated rings. The van der Waals surface area contributed by atoms with Crippen LogP contribution in [-0.4, -0.2) is 34.9 Å². The first-order chi connectivity index (χ1) is 14.5. The first kappa shape index (κ1) is 20.2. The minimum absolute atomic E-state index is 0.203. The van der Waals surface area contributed by atoms with Crippen LogP contribution in [0.25, 0.3) is 22.0 Å². The number of anilines is 1. The van der Waals surface area contributed by atoms with Crippen LogP contribution in [0.4, 0.5) is 5.82 Å². The standard InChI is InChI=1S/C20H17BrN4O4S/c1-25-18(23-19(26)15-6-7-17(21)29-15)9-12(24-25)20-22-13(10-30-20)11-4-5-14(27-2)16(8-11)28-3/h4-10H,1-3H3,(H,23,26). The van der Waals surface area contributed by atoms with Crippen LogP contribution in [0.1, 0.15) is 10.6 Å². The highest BCUT2D eigenvalue weighted by molar-refractivity contribution is 9.10. The van der Waals surface area contributed by atoms with Crippen LogP contribution >= 0.6 is 27.3 Å². The molecular weight excluding hydrogens is 472 g/mol. The Labute approximate surface area is 184 Å². The Hall–Kier alpha value is -3.11. The Bertz CT molecular complexity index is 1210. The third kappa shape index (κ3) is 3.96. The predicted molar refractivity (Wildman–Crippen MR) is 117 cm³/mol. The van der Waals surface area contributed by atoms with Crippen molar-refractivity contribution in [3.8, 4) is 33.5 Å². The molecule has 8 nitrogen and oxygen atoms in total. The fourth-order valence-corrected chi connectivity index (χ4v) is 3.91. The van der Waals surface area contributed by atoms with E-state index in [4.69, 9.17) is 13.9 Å². The zero-order valence-electron chi connectivity index (χ0n) is 16.3. The second-order valence-electron chi connectivity index (χ2n) is 6.20. The van der Waals surface area contributed by atoms with Gasteiger partial charge in [0.1, 0.15) is 16.5 Å². The first-order valence-electron chi connectivity index (χ1n) is 8.77. The molecule has 0 saturated heterocycles. The van der Waals surface area contributed by atoms with E-state index in [1.807, 2.05) is 23.6 Å². The number of methoxy groups -OCH3 is 2. The number of aromatic nitrogens is 3. The SMILES string of the molecule is COc1ccc(-c2csc(-c3cc(NC(=O)c4ccc(Br)o4)n(C)n3)n2)cc1OC. The lowest BCUT2D eigenvalue weighted by atomic mass is 10.1. The number of ether oxygens (including phenoxy) is 2. The average Bonchev–Trinajstić information content (AvgIpc) is 3.48. The van der Waals surface area contributed by atoms with Gasteiger partial charge in [-0.15, -0.1) is 11.3 Å². The summed E-state index contributed by atoms with van der Waals surface area (Å²) in [5.74, 6) is 1.67. The fraction of sp³-hybridized carbons (Fsp3) is 0.150. The Morgan fingerprint density at radius 1 is 1.13 bits per heavy atom. The highest BCUT2D eigenvalue weighted by atomic mass is 79.9. The van der Waals surface area contributed by atoms with Crippen LogP contribution in [0.2, 0.25) is 0 Å². The van der Waals surface area contributed by atoms with Gasteiger partial charge in [0.15, 0.2) is 21.9 Å². The second kappa shape index (κ2) is 8.33. The zero-order chi connectivity index (χ0) is 21.3. The van der Waals surface area contributed by atoms with Crippen molar-refractivity contribution >= 4 is 39.0 Å². The lowest BCUT2D eigenvalue weighted by Crippen LogP contribution is -2.13. The molecule has 4 aromatic rings. The number of thiazole rings is 1. The molecule has 3 aromatic heterocycles. The molecule has 0 unspecified atom stereocenters. The molecule has 1 N–H and O–H groups in total. The highest BCUT2D eigenvalue weighted by Crippen LogP contribution is 2.34. The number of carbonyl (C=O) groups is 1. The van der Waals surface area contributed by atoms with Crippen molar-refractivity contribution in [1.29, 1.82) is 0 Å². The molecule has 0 aliphatic heterocycles. The molecule has 4 rings (SSSR count). The predicted octanol–water partition coefficient (Wildman–Crippen LogP) is 4.84. The van der Waals surface area contributed by atoms with Gasteiger partial charge in [0.2, 0.25) is 0 Å². The maximum atomic E-state index is 12.3. The number of hydrogen-bond acceptors (Lipinski definition) is 7. The first-order valence-corrected chi connectivity index (χ1v) is 10.4. The Balaban J connectivity index is 1.57. The third-order valence-electron chi connectivity index (χ3n) is 4.32. The molecule has 1 aromatic carbocycles. The molecule has 0 atom stereocenters. The molecule has 10 heteroatoms. The highest BCUT2D eigenvalue weighted by Gasteiger charge is 2.17. The van der Waals surface area contributed by atoms with Gasteiger partial charge in [-0.25, -0.2) is 4.98 Å². The van der Waals surface area contributed by atoms with Gasteiger partial charge in [-0.2, -0.15) is 5.10 Å². The van der Waals surface area contributed by atoms with E-state index in [2.05, 4.69) is 31.3 Å². The molecule has 0 aliphatic rings. The van der Waals surface area contributed by atoms with Gasteiger partial charge in [-0.05, 0) is 46.3 Å². The molecule has 0 saturated carbocycles. The van der Waals surface area contributed by atoms with Crippen molar-refractivity contribution in [3.63, 3.8) is 0 Å². The quantitative estimate of drug-likeness (QED) is 0.417. The smallest absolute Gasteiger partial charge is 0.292 e. The topological polar surface area (TPSA) is 91.4 Å². The number of rotatable bonds is 6. The fourth-order valence-electron chi connectivity index (χ4n) is 2.82. The van der Waals surface area contributed by atoms with Gasteiger partial charge < -0.3 is 19.2 Å². The molecule has 3 heterocycles. The van der Waals surface area contributed by atoms with Crippen LogP contribution in [0, 0.1) is 0 Å². The Morgan fingerprint density at radius 2 is 1.93 bits per heavy atom. The molecule has 0 radical (unpaired) electrons. The maximum Gasteiger partial charge on any atom is 0.292 e. The van der Waals surface area contributed by atoms with Crippen LogP contribution in [-0.2, 0) is 7.05 Å². The van der Waals surface area contributed by atoms with E-state index < -0.39 is 0 Å². The van der Waals surface area contributed by atoms with Crippen LogP contribution in [0.15, 0.2) is 50.9 Å². The van der Waals surface area contributed by atoms with E-state index in [0.29, 0.717) is 27.7 Å². The van der Waals surface area contributed by atoms with Crippen LogP contribution < -0.4 is 14.8 Å². The summed E-state index contributed by atoms with van der Waals surface area (Å²) in [5, 5.41) is 9.94. The summed E-state index contributed by atoms with van der Waals surface area (Å²) >= 11 is 4.65. The van der Waals surface area contributed by atoms with E-state index >= 15 is 0 Å². The Morgan fingerprint density at radius 3 is 2.63 bits per heavy atom. The summed E-state index contributed by atoms with van der Waals surface area (Å²) in [4.78, 5) is 17.0. The number of nitrogens with one attached hydrogen (secondary N) is 1. The summed E-state index contributed by atoms with van der Waals surface area (Å²) in [6.45, 7) is 0. The van der Waals surface area contributed by atoms with E-state index in [1.165, 1.54) is 11.3 Å². The van der Waals surface area contributed by atoms with Gasteiger partial charge in [0, 0.05) is 24.1 Å². The number of amides is 1. The second-order valence-corrected chi connectivity index (χ2v) is 7.84. The zero-order valence-corrected chi connectivity index (χ0v) is 18.7. The summed E-state index contributed by atoms with van der Waals surface area (Å²) in [6, 6.07) is 10.7. The van der Waals surface area contributed by atoms with Crippen molar-refractivity contribution in [2.45, 2.75) is 0 Å². The molecule has 1 amide bonds. The summed E-state index contributed by atoms with van der Waals surface area (Å²) in [6.07, 6.45) is 0. The minimum atomic E-state index is -0.361. The van der Waals surface area contributed by atoms with E-state index in [1.54, 1.807) is 44.1 Å². The van der Waals surface area contributed by atoms with Crippen molar-refractivity contribution in [1.82, 2.24) is 14.8 Å². The van der Waals surface area contributed by atoms with Crippen molar-refractivity contribution < 1.29 is 18.7 Å². The number of hydrogen-bond donors (Lipinski definition) is 1. The number of nitrogens with zero attached hydrogens (tertiary/aromatic N) is 3. The van der Waals surface area contributed by atoms with Crippen molar-refractivity contribution in [3.05, 3.63) is 52.2 Å². The number of benzene rings is 1. The number of halogens is 1. The van der Waals surface area contributed by atoms with Gasteiger partial charge in [-0.3, -0.25) is 9.48 Å². The molecule has 0 aliphatic carbocycles. The van der Waals surface area contributed by atoms with Gasteiger partial charge in [0.05, 0.1) is 19.9 Å². The maximum absolute atomic E-state index is 12.3. The van der Waals surface area contributed by atoms with Crippen molar-refractivity contribution in [2.75, 3.05) is 19.5 Å². The summed E-state index contributed by atoms with van der Waals surface area (Å²) in [7, 11) is 4.94. The molecule has 0 bridgehead atoms. The van der Waals surface area contributed by atoms with E-state index in [-0.39, 0.29) is 11.7 Å².